The van der Waals surface area contributed by atoms with Crippen LogP contribution < -0.4 is 4.74 Å². The molecular weight excluding hydrogens is 390 g/mol. The fraction of sp³-hybridized carbons (Fsp3) is 0.346. The maximum atomic E-state index is 12.8. The predicted molar refractivity (Wildman–Crippen MR) is 115 cm³/mol. The molecule has 0 radical (unpaired) electrons. The molecule has 2 aliphatic rings. The minimum atomic E-state index is -1.03. The van der Waals surface area contributed by atoms with Gasteiger partial charge in [-0.2, -0.15) is 5.26 Å². The molecule has 0 unspecified atom stereocenters. The number of carbonyl (C=O) groups excluding carboxylic acids is 2. The van der Waals surface area contributed by atoms with E-state index in [1.165, 1.54) is 0 Å². The maximum absolute atomic E-state index is 12.8. The van der Waals surface area contributed by atoms with Crippen molar-refractivity contribution in [2.45, 2.75) is 32.8 Å². The van der Waals surface area contributed by atoms with Crippen LogP contribution in [0.5, 0.6) is 11.5 Å². The number of hydrogen-bond acceptors (Lipinski definition) is 5. The quantitative estimate of drug-likeness (QED) is 0.426. The summed E-state index contributed by atoms with van der Waals surface area (Å²) in [5, 5.41) is 9.62. The van der Waals surface area contributed by atoms with Crippen LogP contribution in [0.25, 0.3) is 0 Å². The largest absolute Gasteiger partial charge is 0.457 e. The number of para-hydroxylation sites is 1. The van der Waals surface area contributed by atoms with Crippen molar-refractivity contribution in [3.8, 4) is 17.6 Å². The van der Waals surface area contributed by atoms with Crippen LogP contribution >= 0.6 is 0 Å². The van der Waals surface area contributed by atoms with Crippen LogP contribution in [-0.4, -0.2) is 11.8 Å². The molecule has 158 valence electrons. The molecule has 3 atom stereocenters. The molecule has 2 fully saturated rings. The fourth-order valence-electron chi connectivity index (χ4n) is 3.91. The third-order valence-corrected chi connectivity index (χ3v) is 6.10. The van der Waals surface area contributed by atoms with Gasteiger partial charge in [0.05, 0.1) is 5.92 Å². The van der Waals surface area contributed by atoms with E-state index < -0.39 is 12.1 Å². The number of esters is 1. The van der Waals surface area contributed by atoms with Gasteiger partial charge in [0.2, 0.25) is 6.10 Å². The van der Waals surface area contributed by atoms with Crippen molar-refractivity contribution in [1.82, 2.24) is 0 Å². The number of nitriles is 1. The van der Waals surface area contributed by atoms with Crippen molar-refractivity contribution in [1.29, 1.82) is 5.26 Å². The van der Waals surface area contributed by atoms with E-state index in [9.17, 15) is 14.9 Å². The Kier molecular flexibility index (Phi) is 5.65. The lowest BCUT2D eigenvalue weighted by atomic mass is 10.1. The highest BCUT2D eigenvalue weighted by atomic mass is 16.5. The summed E-state index contributed by atoms with van der Waals surface area (Å²) < 4.78 is 11.4. The van der Waals surface area contributed by atoms with Crippen LogP contribution in [0.2, 0.25) is 0 Å². The molecule has 0 saturated heterocycles. The lowest BCUT2D eigenvalue weighted by Crippen LogP contribution is -2.14. The van der Waals surface area contributed by atoms with Crippen molar-refractivity contribution >= 4 is 11.8 Å². The van der Waals surface area contributed by atoms with Crippen molar-refractivity contribution < 1.29 is 19.1 Å². The van der Waals surface area contributed by atoms with E-state index in [-0.39, 0.29) is 29.0 Å². The Bertz CT molecular complexity index is 1050. The molecular formula is C26H25NO4. The van der Waals surface area contributed by atoms with Gasteiger partial charge in [-0.25, -0.2) is 0 Å². The molecule has 0 spiro atoms. The number of ketones is 1. The molecule has 0 aliphatic heterocycles. The van der Waals surface area contributed by atoms with Gasteiger partial charge in [0.1, 0.15) is 17.6 Å². The SMILES string of the molecule is CC1(C)[C@H](C(=O)O[C@H](C#N)c2cccc(Oc3ccccc3)c2)[C@@H]1/C=C\C(=O)C1CC1. The smallest absolute Gasteiger partial charge is 0.311 e. The highest BCUT2D eigenvalue weighted by Gasteiger charge is 2.61. The Morgan fingerprint density at radius 3 is 2.48 bits per heavy atom. The van der Waals surface area contributed by atoms with Crippen LogP contribution in [0.1, 0.15) is 38.4 Å². The summed E-state index contributed by atoms with van der Waals surface area (Å²) in [6.07, 6.45) is 4.34. The van der Waals surface area contributed by atoms with Gasteiger partial charge in [0, 0.05) is 11.5 Å². The second-order valence-corrected chi connectivity index (χ2v) is 8.79. The molecule has 0 amide bonds. The number of ether oxygens (including phenoxy) is 2. The number of benzene rings is 2. The molecule has 2 aromatic rings. The molecule has 0 N–H and O–H groups in total. The summed E-state index contributed by atoms with van der Waals surface area (Å²) in [5.74, 6) is 0.702. The molecule has 0 aromatic heterocycles. The van der Waals surface area contributed by atoms with E-state index in [0.717, 1.165) is 12.8 Å². The van der Waals surface area contributed by atoms with Crippen LogP contribution in [0.4, 0.5) is 0 Å². The van der Waals surface area contributed by atoms with E-state index in [2.05, 4.69) is 6.07 Å². The summed E-state index contributed by atoms with van der Waals surface area (Å²) in [6.45, 7) is 3.95. The van der Waals surface area contributed by atoms with Crippen LogP contribution in [0.15, 0.2) is 66.7 Å². The van der Waals surface area contributed by atoms with E-state index in [4.69, 9.17) is 9.47 Å². The Labute approximate surface area is 182 Å². The Hall–Kier alpha value is -3.39. The van der Waals surface area contributed by atoms with Crippen molar-refractivity contribution in [3.63, 3.8) is 0 Å². The average molecular weight is 415 g/mol. The lowest BCUT2D eigenvalue weighted by molar-refractivity contribution is -0.149. The number of nitrogens with zero attached hydrogens (tertiary/aromatic N) is 1. The third-order valence-electron chi connectivity index (χ3n) is 6.10. The first-order valence-corrected chi connectivity index (χ1v) is 10.5. The fourth-order valence-corrected chi connectivity index (χ4v) is 3.91. The number of hydrogen-bond donors (Lipinski definition) is 0. The number of allylic oxidation sites excluding steroid dienone is 2. The first kappa shape index (κ1) is 20.9. The zero-order valence-electron chi connectivity index (χ0n) is 17.7. The zero-order valence-corrected chi connectivity index (χ0v) is 17.7. The maximum Gasteiger partial charge on any atom is 0.311 e. The van der Waals surface area contributed by atoms with E-state index in [1.807, 2.05) is 50.3 Å². The van der Waals surface area contributed by atoms with Crippen LogP contribution in [0, 0.1) is 34.5 Å². The molecule has 31 heavy (non-hydrogen) atoms. The Morgan fingerprint density at radius 1 is 1.10 bits per heavy atom. The number of carbonyl (C=O) groups is 2. The first-order chi connectivity index (χ1) is 14.9. The molecule has 5 heteroatoms. The zero-order chi connectivity index (χ0) is 22.0. The van der Waals surface area contributed by atoms with E-state index >= 15 is 0 Å². The Morgan fingerprint density at radius 2 is 1.81 bits per heavy atom. The second kappa shape index (κ2) is 8.39. The molecule has 5 nitrogen and oxygen atoms in total. The minimum absolute atomic E-state index is 0.0604. The van der Waals surface area contributed by atoms with Crippen molar-refractivity contribution in [2.24, 2.45) is 23.2 Å². The second-order valence-electron chi connectivity index (χ2n) is 8.79. The molecule has 4 rings (SSSR count). The summed E-state index contributed by atoms with van der Waals surface area (Å²) in [4.78, 5) is 24.8. The summed E-state index contributed by atoms with van der Waals surface area (Å²) in [5.41, 5.74) is 0.258. The van der Waals surface area contributed by atoms with E-state index in [1.54, 1.807) is 30.3 Å². The van der Waals surface area contributed by atoms with Gasteiger partial charge >= 0.3 is 5.97 Å². The molecule has 0 bridgehead atoms. The van der Waals surface area contributed by atoms with Gasteiger partial charge in [-0.15, -0.1) is 0 Å². The third kappa shape index (κ3) is 4.69. The molecule has 2 saturated carbocycles. The van der Waals surface area contributed by atoms with Crippen LogP contribution in [0.3, 0.4) is 0 Å². The number of rotatable bonds is 8. The molecule has 2 aromatic carbocycles. The van der Waals surface area contributed by atoms with Crippen molar-refractivity contribution in [3.05, 3.63) is 72.3 Å². The first-order valence-electron chi connectivity index (χ1n) is 10.5. The lowest BCUT2D eigenvalue weighted by Gasteiger charge is -2.13. The summed E-state index contributed by atoms with van der Waals surface area (Å²) in [7, 11) is 0. The average Bonchev–Trinajstić information content (AvgIpc) is 3.67. The van der Waals surface area contributed by atoms with Crippen LogP contribution in [-0.2, 0) is 14.3 Å². The van der Waals surface area contributed by atoms with Gasteiger partial charge in [0.15, 0.2) is 5.78 Å². The van der Waals surface area contributed by atoms with Gasteiger partial charge in [0.25, 0.3) is 0 Å². The summed E-state index contributed by atoms with van der Waals surface area (Å²) >= 11 is 0. The van der Waals surface area contributed by atoms with Crippen molar-refractivity contribution in [2.75, 3.05) is 0 Å². The predicted octanol–water partition coefficient (Wildman–Crippen LogP) is 5.39. The van der Waals surface area contributed by atoms with Gasteiger partial charge in [-0.05, 0) is 54.5 Å². The normalized spacial score (nSPS) is 22.4. The molecule has 2 aliphatic carbocycles. The van der Waals surface area contributed by atoms with Gasteiger partial charge < -0.3 is 9.47 Å². The Balaban J connectivity index is 1.42. The summed E-state index contributed by atoms with van der Waals surface area (Å²) in [6, 6.07) is 18.4. The highest BCUT2D eigenvalue weighted by Crippen LogP contribution is 2.59. The van der Waals surface area contributed by atoms with Gasteiger partial charge in [-0.3, -0.25) is 9.59 Å². The van der Waals surface area contributed by atoms with Gasteiger partial charge in [-0.1, -0.05) is 50.3 Å². The highest BCUT2D eigenvalue weighted by molar-refractivity contribution is 5.93. The monoisotopic (exact) mass is 415 g/mol. The molecule has 0 heterocycles. The minimum Gasteiger partial charge on any atom is -0.457 e. The standard InChI is InChI=1S/C26H25NO4/c1-26(2)21(13-14-22(28)17-11-12-17)24(26)25(29)31-23(16-27)18-7-6-10-20(15-18)30-19-8-4-3-5-9-19/h3-10,13-15,17,21,23-24H,11-12H2,1-2H3/b14-13-/t21-,23+,24-/m0/s1. The van der Waals surface area contributed by atoms with E-state index in [0.29, 0.717) is 17.1 Å². The topological polar surface area (TPSA) is 76.4 Å².